The standard InChI is InChI=1S/C15H22N2O4/c1-15(2,6-4-13(18)19)7-9-17-14(20)11-5-8-16-10-12(11)21-3/h5,8,10H,4,6-7,9H2,1-3H3,(H,17,20)(H,18,19). The smallest absolute Gasteiger partial charge is 0.303 e. The number of nitrogens with zero attached hydrogens (tertiary/aromatic N) is 1. The van der Waals surface area contributed by atoms with Crippen molar-refractivity contribution in [2.45, 2.75) is 33.1 Å². The van der Waals surface area contributed by atoms with Gasteiger partial charge >= 0.3 is 5.97 Å². The monoisotopic (exact) mass is 294 g/mol. The number of carbonyl (C=O) groups is 2. The van der Waals surface area contributed by atoms with Crippen molar-refractivity contribution in [3.63, 3.8) is 0 Å². The van der Waals surface area contributed by atoms with E-state index in [0.717, 1.165) is 0 Å². The third-order valence-corrected chi connectivity index (χ3v) is 3.35. The Hall–Kier alpha value is -2.11. The van der Waals surface area contributed by atoms with Crippen molar-refractivity contribution in [1.29, 1.82) is 0 Å². The van der Waals surface area contributed by atoms with Gasteiger partial charge in [-0.05, 0) is 24.3 Å². The normalized spacial score (nSPS) is 11.0. The number of carbonyl (C=O) groups excluding carboxylic acids is 1. The zero-order valence-electron chi connectivity index (χ0n) is 12.7. The molecule has 1 rings (SSSR count). The highest BCUT2D eigenvalue weighted by Crippen LogP contribution is 2.26. The number of methoxy groups -OCH3 is 1. The molecule has 0 spiro atoms. The Bertz CT molecular complexity index is 500. The van der Waals surface area contributed by atoms with E-state index in [0.29, 0.717) is 30.7 Å². The summed E-state index contributed by atoms with van der Waals surface area (Å²) in [6, 6.07) is 1.60. The van der Waals surface area contributed by atoms with Crippen molar-refractivity contribution < 1.29 is 19.4 Å². The predicted molar refractivity (Wildman–Crippen MR) is 78.4 cm³/mol. The zero-order valence-corrected chi connectivity index (χ0v) is 12.7. The number of amides is 1. The first-order valence-corrected chi connectivity index (χ1v) is 6.84. The fourth-order valence-electron chi connectivity index (χ4n) is 1.91. The first-order chi connectivity index (χ1) is 9.85. The number of aliphatic carboxylic acids is 1. The van der Waals surface area contributed by atoms with E-state index >= 15 is 0 Å². The van der Waals surface area contributed by atoms with E-state index in [1.165, 1.54) is 19.5 Å². The van der Waals surface area contributed by atoms with Crippen molar-refractivity contribution >= 4 is 11.9 Å². The molecule has 0 radical (unpaired) electrons. The summed E-state index contributed by atoms with van der Waals surface area (Å²) in [6.07, 6.45) is 4.45. The van der Waals surface area contributed by atoms with Crippen LogP contribution < -0.4 is 10.1 Å². The minimum atomic E-state index is -0.798. The fourth-order valence-corrected chi connectivity index (χ4v) is 1.91. The molecule has 1 amide bonds. The van der Waals surface area contributed by atoms with Gasteiger partial charge in [0, 0.05) is 19.2 Å². The maximum atomic E-state index is 12.1. The molecule has 0 bridgehead atoms. The van der Waals surface area contributed by atoms with Gasteiger partial charge in [0.25, 0.3) is 5.91 Å². The fraction of sp³-hybridized carbons (Fsp3) is 0.533. The summed E-state index contributed by atoms with van der Waals surface area (Å²) < 4.78 is 5.09. The van der Waals surface area contributed by atoms with Gasteiger partial charge in [-0.3, -0.25) is 14.6 Å². The van der Waals surface area contributed by atoms with E-state index in [1.54, 1.807) is 6.07 Å². The van der Waals surface area contributed by atoms with Crippen molar-refractivity contribution in [2.24, 2.45) is 5.41 Å². The van der Waals surface area contributed by atoms with Crippen LogP contribution in [0.5, 0.6) is 5.75 Å². The Morgan fingerprint density at radius 1 is 1.38 bits per heavy atom. The first-order valence-electron chi connectivity index (χ1n) is 6.84. The topological polar surface area (TPSA) is 88.5 Å². The zero-order chi connectivity index (χ0) is 15.9. The molecule has 2 N–H and O–H groups in total. The van der Waals surface area contributed by atoms with Gasteiger partial charge in [-0.2, -0.15) is 0 Å². The second kappa shape index (κ2) is 7.61. The average Bonchev–Trinajstić information content (AvgIpc) is 2.45. The quantitative estimate of drug-likeness (QED) is 0.766. The van der Waals surface area contributed by atoms with E-state index in [4.69, 9.17) is 9.84 Å². The van der Waals surface area contributed by atoms with Crippen LogP contribution in [-0.4, -0.2) is 35.6 Å². The highest BCUT2D eigenvalue weighted by atomic mass is 16.5. The van der Waals surface area contributed by atoms with Gasteiger partial charge in [-0.1, -0.05) is 13.8 Å². The lowest BCUT2D eigenvalue weighted by Crippen LogP contribution is -2.28. The number of carboxylic acid groups (broad SMARTS) is 1. The Kier molecular flexibility index (Phi) is 6.14. The van der Waals surface area contributed by atoms with Crippen LogP contribution in [0.1, 0.15) is 43.5 Å². The highest BCUT2D eigenvalue weighted by Gasteiger charge is 2.20. The molecule has 0 fully saturated rings. The largest absolute Gasteiger partial charge is 0.494 e. The molecule has 0 aromatic carbocycles. The number of pyridine rings is 1. The molecule has 0 aliphatic heterocycles. The van der Waals surface area contributed by atoms with Gasteiger partial charge in [-0.25, -0.2) is 0 Å². The second-order valence-electron chi connectivity index (χ2n) is 5.64. The minimum absolute atomic E-state index is 0.131. The summed E-state index contributed by atoms with van der Waals surface area (Å²) in [5.41, 5.74) is 0.310. The highest BCUT2D eigenvalue weighted by molar-refractivity contribution is 5.96. The second-order valence-corrected chi connectivity index (χ2v) is 5.64. The first kappa shape index (κ1) is 16.9. The lowest BCUT2D eigenvalue weighted by Gasteiger charge is -2.23. The molecule has 0 saturated heterocycles. The average molecular weight is 294 g/mol. The van der Waals surface area contributed by atoms with Gasteiger partial charge in [0.1, 0.15) is 5.75 Å². The van der Waals surface area contributed by atoms with Crippen molar-refractivity contribution in [1.82, 2.24) is 10.3 Å². The molecule has 116 valence electrons. The maximum Gasteiger partial charge on any atom is 0.303 e. The number of carboxylic acids is 1. The third-order valence-electron chi connectivity index (χ3n) is 3.35. The van der Waals surface area contributed by atoms with Gasteiger partial charge < -0.3 is 15.2 Å². The Balaban J connectivity index is 2.48. The number of nitrogens with one attached hydrogen (secondary N) is 1. The molecule has 0 atom stereocenters. The van der Waals surface area contributed by atoms with E-state index < -0.39 is 5.97 Å². The van der Waals surface area contributed by atoms with Gasteiger partial charge in [0.2, 0.25) is 0 Å². The molecular weight excluding hydrogens is 272 g/mol. The van der Waals surface area contributed by atoms with Crippen LogP contribution >= 0.6 is 0 Å². The molecule has 0 unspecified atom stereocenters. The van der Waals surface area contributed by atoms with Crippen LogP contribution in [0.25, 0.3) is 0 Å². The molecular formula is C15H22N2O4. The van der Waals surface area contributed by atoms with Crippen molar-refractivity contribution in [3.05, 3.63) is 24.0 Å². The Labute approximate surface area is 124 Å². The summed E-state index contributed by atoms with van der Waals surface area (Å²) >= 11 is 0. The molecule has 0 aliphatic carbocycles. The molecule has 1 heterocycles. The Morgan fingerprint density at radius 2 is 2.10 bits per heavy atom. The van der Waals surface area contributed by atoms with Crippen LogP contribution in [0.15, 0.2) is 18.5 Å². The third kappa shape index (κ3) is 5.81. The number of ether oxygens (including phenoxy) is 1. The number of hydrogen-bond donors (Lipinski definition) is 2. The predicted octanol–water partition coefficient (Wildman–Crippen LogP) is 2.10. The van der Waals surface area contributed by atoms with Crippen LogP contribution in [0, 0.1) is 5.41 Å². The summed E-state index contributed by atoms with van der Waals surface area (Å²) in [5.74, 6) is -0.586. The summed E-state index contributed by atoms with van der Waals surface area (Å²) in [6.45, 7) is 4.47. The van der Waals surface area contributed by atoms with E-state index in [-0.39, 0.29) is 17.7 Å². The molecule has 0 aliphatic rings. The van der Waals surface area contributed by atoms with Gasteiger partial charge in [0.15, 0.2) is 0 Å². The van der Waals surface area contributed by atoms with Crippen LogP contribution in [0.3, 0.4) is 0 Å². The van der Waals surface area contributed by atoms with E-state index in [1.807, 2.05) is 13.8 Å². The molecule has 0 saturated carbocycles. The summed E-state index contributed by atoms with van der Waals surface area (Å²) in [5, 5.41) is 11.5. The molecule has 1 aromatic heterocycles. The lowest BCUT2D eigenvalue weighted by atomic mass is 9.84. The lowest BCUT2D eigenvalue weighted by molar-refractivity contribution is -0.137. The van der Waals surface area contributed by atoms with Gasteiger partial charge in [-0.15, -0.1) is 0 Å². The number of hydrogen-bond acceptors (Lipinski definition) is 4. The minimum Gasteiger partial charge on any atom is -0.494 e. The summed E-state index contributed by atoms with van der Waals surface area (Å²) in [4.78, 5) is 26.6. The molecule has 6 heteroatoms. The van der Waals surface area contributed by atoms with Crippen LogP contribution in [0.4, 0.5) is 0 Å². The van der Waals surface area contributed by atoms with Crippen LogP contribution in [-0.2, 0) is 4.79 Å². The van der Waals surface area contributed by atoms with E-state index in [2.05, 4.69) is 10.3 Å². The number of rotatable bonds is 8. The SMILES string of the molecule is COc1cnccc1C(=O)NCCC(C)(C)CCC(=O)O. The molecule has 21 heavy (non-hydrogen) atoms. The molecule has 6 nitrogen and oxygen atoms in total. The maximum absolute atomic E-state index is 12.1. The van der Waals surface area contributed by atoms with Crippen LogP contribution in [0.2, 0.25) is 0 Å². The number of aromatic nitrogens is 1. The Morgan fingerprint density at radius 3 is 2.71 bits per heavy atom. The summed E-state index contributed by atoms with van der Waals surface area (Å²) in [7, 11) is 1.49. The van der Waals surface area contributed by atoms with Gasteiger partial charge in [0.05, 0.1) is 18.9 Å². The van der Waals surface area contributed by atoms with Crippen molar-refractivity contribution in [3.8, 4) is 5.75 Å². The van der Waals surface area contributed by atoms with Crippen molar-refractivity contribution in [2.75, 3.05) is 13.7 Å². The molecule has 1 aromatic rings. The van der Waals surface area contributed by atoms with E-state index in [9.17, 15) is 9.59 Å².